The molecule has 0 aliphatic heterocycles. The number of hydrogen-bond acceptors (Lipinski definition) is 3. The molecule has 96 valence electrons. The van der Waals surface area contributed by atoms with E-state index in [2.05, 4.69) is 5.32 Å². The molecule has 1 aromatic carbocycles. The third-order valence-corrected chi connectivity index (χ3v) is 2.84. The van der Waals surface area contributed by atoms with E-state index < -0.39 is 0 Å². The summed E-state index contributed by atoms with van der Waals surface area (Å²) in [5, 5.41) is 12.6. The van der Waals surface area contributed by atoms with Crippen molar-refractivity contribution in [3.05, 3.63) is 35.6 Å². The lowest BCUT2D eigenvalue weighted by Gasteiger charge is -2.09. The number of carbonyl (C=O) groups excluding carboxylic acids is 1. The van der Waals surface area contributed by atoms with E-state index in [4.69, 9.17) is 9.52 Å². The standard InChI is InChI=1S/C14H17NO3/c1-9-3-4-12-11(8-18-13(12)5-9)6-14(17)15-10(2)7-16/h3-5,8,10,16H,6-7H2,1-2H3,(H,15,17)/t10-/m1/s1. The first-order valence-corrected chi connectivity index (χ1v) is 5.97. The van der Waals surface area contributed by atoms with Crippen LogP contribution in [0.15, 0.2) is 28.9 Å². The van der Waals surface area contributed by atoms with Gasteiger partial charge in [0, 0.05) is 17.0 Å². The van der Waals surface area contributed by atoms with Crippen molar-refractivity contribution in [2.45, 2.75) is 26.3 Å². The molecular weight excluding hydrogens is 230 g/mol. The topological polar surface area (TPSA) is 62.5 Å². The number of aryl methyl sites for hydroxylation is 1. The summed E-state index contributed by atoms with van der Waals surface area (Å²) < 4.78 is 5.43. The highest BCUT2D eigenvalue weighted by molar-refractivity contribution is 5.88. The van der Waals surface area contributed by atoms with Crippen molar-refractivity contribution in [2.24, 2.45) is 0 Å². The summed E-state index contributed by atoms with van der Waals surface area (Å²) in [4.78, 5) is 11.7. The summed E-state index contributed by atoms with van der Waals surface area (Å²) in [7, 11) is 0. The minimum atomic E-state index is -0.224. The van der Waals surface area contributed by atoms with E-state index in [0.29, 0.717) is 0 Å². The van der Waals surface area contributed by atoms with Crippen LogP contribution in [0.4, 0.5) is 0 Å². The summed E-state index contributed by atoms with van der Waals surface area (Å²) in [5.41, 5.74) is 2.79. The molecule has 2 rings (SSSR count). The van der Waals surface area contributed by atoms with Gasteiger partial charge in [-0.05, 0) is 25.5 Å². The molecule has 0 aliphatic carbocycles. The van der Waals surface area contributed by atoms with Gasteiger partial charge in [0.2, 0.25) is 5.91 Å². The quantitative estimate of drug-likeness (QED) is 0.865. The Morgan fingerprint density at radius 1 is 1.50 bits per heavy atom. The first-order chi connectivity index (χ1) is 8.60. The highest BCUT2D eigenvalue weighted by atomic mass is 16.3. The van der Waals surface area contributed by atoms with Crippen LogP contribution in [0.2, 0.25) is 0 Å². The zero-order valence-electron chi connectivity index (χ0n) is 10.6. The predicted molar refractivity (Wildman–Crippen MR) is 69.3 cm³/mol. The molecule has 0 bridgehead atoms. The summed E-state index contributed by atoms with van der Waals surface area (Å²) in [5.74, 6) is -0.111. The molecule has 4 heteroatoms. The van der Waals surface area contributed by atoms with E-state index in [-0.39, 0.29) is 25.0 Å². The number of amides is 1. The number of benzene rings is 1. The molecule has 0 aliphatic rings. The smallest absolute Gasteiger partial charge is 0.224 e. The van der Waals surface area contributed by atoms with E-state index in [1.165, 1.54) is 0 Å². The lowest BCUT2D eigenvalue weighted by molar-refractivity contribution is -0.121. The van der Waals surface area contributed by atoms with Crippen LogP contribution in [-0.4, -0.2) is 23.7 Å². The number of furan rings is 1. The van der Waals surface area contributed by atoms with Crippen LogP contribution in [0, 0.1) is 6.92 Å². The highest BCUT2D eigenvalue weighted by Crippen LogP contribution is 2.22. The van der Waals surface area contributed by atoms with Crippen molar-refractivity contribution in [3.63, 3.8) is 0 Å². The van der Waals surface area contributed by atoms with E-state index in [1.54, 1.807) is 13.2 Å². The molecule has 0 saturated heterocycles. The van der Waals surface area contributed by atoms with Gasteiger partial charge in [0.15, 0.2) is 0 Å². The Labute approximate surface area is 106 Å². The number of carbonyl (C=O) groups is 1. The second-order valence-electron chi connectivity index (χ2n) is 4.59. The van der Waals surface area contributed by atoms with Gasteiger partial charge in [-0.2, -0.15) is 0 Å². The average Bonchev–Trinajstić information content (AvgIpc) is 2.71. The lowest BCUT2D eigenvalue weighted by Crippen LogP contribution is -2.35. The van der Waals surface area contributed by atoms with Gasteiger partial charge >= 0.3 is 0 Å². The van der Waals surface area contributed by atoms with Crippen LogP contribution >= 0.6 is 0 Å². The largest absolute Gasteiger partial charge is 0.464 e. The number of nitrogens with one attached hydrogen (secondary N) is 1. The molecular formula is C14H17NO3. The summed E-state index contributed by atoms with van der Waals surface area (Å²) >= 11 is 0. The first kappa shape index (κ1) is 12.6. The molecule has 1 aromatic heterocycles. The highest BCUT2D eigenvalue weighted by Gasteiger charge is 2.12. The van der Waals surface area contributed by atoms with Gasteiger partial charge in [0.25, 0.3) is 0 Å². The molecule has 1 heterocycles. The molecule has 2 aromatic rings. The number of aliphatic hydroxyl groups is 1. The van der Waals surface area contributed by atoms with Crippen LogP contribution in [0.5, 0.6) is 0 Å². The molecule has 4 nitrogen and oxygen atoms in total. The zero-order valence-corrected chi connectivity index (χ0v) is 10.6. The van der Waals surface area contributed by atoms with E-state index in [1.807, 2.05) is 25.1 Å². The molecule has 0 fully saturated rings. The molecule has 0 unspecified atom stereocenters. The van der Waals surface area contributed by atoms with Gasteiger partial charge in [-0.3, -0.25) is 4.79 Å². The molecule has 1 amide bonds. The number of fused-ring (bicyclic) bond motifs is 1. The third-order valence-electron chi connectivity index (χ3n) is 2.84. The molecule has 18 heavy (non-hydrogen) atoms. The van der Waals surface area contributed by atoms with E-state index in [0.717, 1.165) is 22.1 Å². The van der Waals surface area contributed by atoms with Crippen LogP contribution in [0.3, 0.4) is 0 Å². The molecule has 0 spiro atoms. The fourth-order valence-corrected chi connectivity index (χ4v) is 1.87. The van der Waals surface area contributed by atoms with Crippen molar-refractivity contribution >= 4 is 16.9 Å². The van der Waals surface area contributed by atoms with Crippen LogP contribution in [0.25, 0.3) is 11.0 Å². The maximum Gasteiger partial charge on any atom is 0.224 e. The lowest BCUT2D eigenvalue weighted by atomic mass is 10.1. The Balaban J connectivity index is 2.15. The van der Waals surface area contributed by atoms with E-state index in [9.17, 15) is 4.79 Å². The summed E-state index contributed by atoms with van der Waals surface area (Å²) in [6, 6.07) is 5.69. The van der Waals surface area contributed by atoms with Gasteiger partial charge in [-0.15, -0.1) is 0 Å². The first-order valence-electron chi connectivity index (χ1n) is 5.97. The maximum atomic E-state index is 11.7. The average molecular weight is 247 g/mol. The Kier molecular flexibility index (Phi) is 3.67. The summed E-state index contributed by atoms with van der Waals surface area (Å²) in [6.07, 6.45) is 1.88. The fraction of sp³-hybridized carbons (Fsp3) is 0.357. The Morgan fingerprint density at radius 3 is 3.00 bits per heavy atom. The SMILES string of the molecule is Cc1ccc2c(CC(=O)N[C@H](C)CO)coc2c1. The normalized spacial score (nSPS) is 12.6. The second kappa shape index (κ2) is 5.23. The van der Waals surface area contributed by atoms with Crippen molar-refractivity contribution in [1.82, 2.24) is 5.32 Å². The molecule has 2 N–H and O–H groups in total. The fourth-order valence-electron chi connectivity index (χ4n) is 1.87. The van der Waals surface area contributed by atoms with Crippen molar-refractivity contribution in [2.75, 3.05) is 6.61 Å². The van der Waals surface area contributed by atoms with Crippen molar-refractivity contribution in [1.29, 1.82) is 0 Å². The van der Waals surface area contributed by atoms with Crippen molar-refractivity contribution in [3.8, 4) is 0 Å². The number of rotatable bonds is 4. The number of hydrogen-bond donors (Lipinski definition) is 2. The van der Waals surface area contributed by atoms with Gasteiger partial charge in [-0.1, -0.05) is 12.1 Å². The summed E-state index contributed by atoms with van der Waals surface area (Å²) in [6.45, 7) is 3.70. The van der Waals surface area contributed by atoms with Crippen LogP contribution in [-0.2, 0) is 11.2 Å². The van der Waals surface area contributed by atoms with Gasteiger partial charge in [0.05, 0.1) is 19.3 Å². The molecule has 0 radical (unpaired) electrons. The van der Waals surface area contributed by atoms with Gasteiger partial charge in [-0.25, -0.2) is 0 Å². The van der Waals surface area contributed by atoms with Crippen LogP contribution in [0.1, 0.15) is 18.1 Å². The Bertz CT molecular complexity index is 559. The predicted octanol–water partition coefficient (Wildman–Crippen LogP) is 1.78. The maximum absolute atomic E-state index is 11.7. The van der Waals surface area contributed by atoms with Crippen LogP contribution < -0.4 is 5.32 Å². The Morgan fingerprint density at radius 2 is 2.28 bits per heavy atom. The minimum Gasteiger partial charge on any atom is -0.464 e. The number of aliphatic hydroxyl groups excluding tert-OH is 1. The third kappa shape index (κ3) is 2.71. The van der Waals surface area contributed by atoms with Gasteiger partial charge in [0.1, 0.15) is 5.58 Å². The Hall–Kier alpha value is -1.81. The molecule has 1 atom stereocenters. The molecule has 0 saturated carbocycles. The van der Waals surface area contributed by atoms with Gasteiger partial charge < -0.3 is 14.8 Å². The zero-order chi connectivity index (χ0) is 13.1. The van der Waals surface area contributed by atoms with Crippen molar-refractivity contribution < 1.29 is 14.3 Å². The minimum absolute atomic E-state index is 0.0585. The van der Waals surface area contributed by atoms with E-state index >= 15 is 0 Å². The second-order valence-corrected chi connectivity index (χ2v) is 4.59. The monoisotopic (exact) mass is 247 g/mol.